The van der Waals surface area contributed by atoms with Gasteiger partial charge in [-0.1, -0.05) is 10.4 Å². The molecule has 13 atom stereocenters. The largest absolute Gasteiger partial charge is 0.394 e. The molecule has 31 heteroatoms. The van der Waals surface area contributed by atoms with Crippen molar-refractivity contribution in [1.29, 1.82) is 0 Å². The summed E-state index contributed by atoms with van der Waals surface area (Å²) in [6.45, 7) is -0.606. The first kappa shape index (κ1) is 60.1. The monoisotopic (exact) mass is 1050 g/mol. The van der Waals surface area contributed by atoms with Crippen LogP contribution in [0.25, 0.3) is 0 Å². The zero-order valence-electron chi connectivity index (χ0n) is 40.4. The lowest BCUT2D eigenvalue weighted by Gasteiger charge is -2.39. The van der Waals surface area contributed by atoms with Crippen molar-refractivity contribution in [1.82, 2.24) is 56.6 Å². The molecule has 0 spiro atoms. The Labute approximate surface area is 418 Å². The minimum Gasteiger partial charge on any atom is -0.394 e. The fraction of sp³-hybridized carbons (Fsp3) is 0.762. The van der Waals surface area contributed by atoms with Gasteiger partial charge in [0.25, 0.3) is 0 Å². The Bertz CT molecular complexity index is 2050. The molecule has 0 radical (unpaired) electrons. The number of nitrogens with two attached hydrogens (primary N) is 2. The van der Waals surface area contributed by atoms with Crippen molar-refractivity contribution in [2.45, 2.75) is 171 Å². The quantitative estimate of drug-likeness (QED) is 0.0303. The van der Waals surface area contributed by atoms with Crippen molar-refractivity contribution in [3.8, 4) is 0 Å². The van der Waals surface area contributed by atoms with Gasteiger partial charge in [-0.15, -0.1) is 10.2 Å². The maximum absolute atomic E-state index is 13.4. The maximum atomic E-state index is 13.4. The highest BCUT2D eigenvalue weighted by Gasteiger charge is 2.45. The van der Waals surface area contributed by atoms with Gasteiger partial charge in [0, 0.05) is 20.0 Å². The maximum Gasteiger partial charge on any atom is 0.243 e. The molecule has 73 heavy (non-hydrogen) atoms. The smallest absolute Gasteiger partial charge is 0.243 e. The van der Waals surface area contributed by atoms with Crippen LogP contribution in [-0.4, -0.2) is 219 Å². The minimum atomic E-state index is -1.63. The molecule has 17 N–H and O–H groups in total. The summed E-state index contributed by atoms with van der Waals surface area (Å²) in [7, 11) is 0. The molecule has 412 valence electrons. The molecule has 2 saturated heterocycles. The van der Waals surface area contributed by atoms with E-state index in [4.69, 9.17) is 30.4 Å². The molecule has 0 saturated carbocycles. The summed E-state index contributed by atoms with van der Waals surface area (Å²) < 4.78 is 24.6. The Hall–Kier alpha value is -5.42. The fourth-order valence-corrected chi connectivity index (χ4v) is 7.65. The van der Waals surface area contributed by atoms with Crippen LogP contribution in [0.2, 0.25) is 0 Å². The number of ether oxygens (including phenoxy) is 4. The number of unbranched alkanes of at least 4 members (excludes halogenated alkanes) is 3. The first-order chi connectivity index (χ1) is 34.8. The average Bonchev–Trinajstić information content (AvgIpc) is 4.03. The van der Waals surface area contributed by atoms with E-state index in [2.05, 4.69) is 47.2 Å². The van der Waals surface area contributed by atoms with Crippen molar-refractivity contribution < 1.29 is 88.6 Å². The Kier molecular flexibility index (Phi) is 25.3. The van der Waals surface area contributed by atoms with E-state index in [1.54, 1.807) is 6.20 Å². The number of carbonyl (C=O) groups is 6. The van der Waals surface area contributed by atoms with Crippen molar-refractivity contribution >= 4 is 35.4 Å². The van der Waals surface area contributed by atoms with Gasteiger partial charge in [-0.3, -0.25) is 38.1 Å². The van der Waals surface area contributed by atoms with Crippen LogP contribution in [0.5, 0.6) is 0 Å². The molecular weight excluding hydrogens is 975 g/mol. The number of amides is 6. The van der Waals surface area contributed by atoms with Crippen LogP contribution in [0, 0.1) is 0 Å². The van der Waals surface area contributed by atoms with Gasteiger partial charge >= 0.3 is 0 Å². The van der Waals surface area contributed by atoms with Gasteiger partial charge in [-0.2, -0.15) is 0 Å². The number of aromatic nitrogens is 6. The summed E-state index contributed by atoms with van der Waals surface area (Å²) in [6, 6.07) is -3.26. The predicted octanol–water partition coefficient (Wildman–Crippen LogP) is -8.14. The number of aliphatic hydroxyl groups is 8. The third-order valence-electron chi connectivity index (χ3n) is 11.7. The predicted molar refractivity (Wildman–Crippen MR) is 244 cm³/mol. The second kappa shape index (κ2) is 30.7. The topological polar surface area (TPSA) is 475 Å². The van der Waals surface area contributed by atoms with E-state index in [1.165, 1.54) is 22.5 Å². The third kappa shape index (κ3) is 19.4. The summed E-state index contributed by atoms with van der Waals surface area (Å²) in [6.07, 6.45) is -8.36. The van der Waals surface area contributed by atoms with Crippen LogP contribution in [0.15, 0.2) is 12.4 Å². The molecule has 6 amide bonds. The molecule has 2 aliphatic heterocycles. The highest BCUT2D eigenvalue weighted by molar-refractivity contribution is 5.94. The molecule has 0 aromatic carbocycles. The van der Waals surface area contributed by atoms with E-state index >= 15 is 0 Å². The average molecular weight is 1050 g/mol. The first-order valence-electron chi connectivity index (χ1n) is 23.9. The van der Waals surface area contributed by atoms with Crippen LogP contribution in [0.4, 0.5) is 0 Å². The molecule has 4 rings (SSSR count). The van der Waals surface area contributed by atoms with E-state index in [9.17, 15) is 69.6 Å². The molecule has 4 heterocycles. The van der Waals surface area contributed by atoms with E-state index < -0.39 is 141 Å². The highest BCUT2D eigenvalue weighted by Crippen LogP contribution is 2.24. The zero-order valence-corrected chi connectivity index (χ0v) is 40.4. The van der Waals surface area contributed by atoms with Gasteiger partial charge in [0.1, 0.15) is 78.3 Å². The van der Waals surface area contributed by atoms with Crippen LogP contribution in [0.1, 0.15) is 76.1 Å². The molecule has 2 aromatic heterocycles. The van der Waals surface area contributed by atoms with E-state index in [0.29, 0.717) is 63.0 Å². The van der Waals surface area contributed by atoms with E-state index in [0.717, 1.165) is 0 Å². The first-order valence-corrected chi connectivity index (χ1v) is 23.9. The molecule has 2 aromatic rings. The number of nitrogens with one attached hydrogen (secondary N) is 5. The molecule has 0 bridgehead atoms. The number of nitrogens with zero attached hydrogens (tertiary/aromatic N) is 6. The van der Waals surface area contributed by atoms with Crippen molar-refractivity contribution in [3.05, 3.63) is 23.8 Å². The Morgan fingerprint density at radius 1 is 0.616 bits per heavy atom. The molecule has 2 aliphatic rings. The normalized spacial score (nSPS) is 25.2. The standard InChI is InChI=1S/C42H71N13O18/c1-22(58)47-26(9-3-6-12-54-16-23(50-52-54)20-70-41-36(65)34(63)32(61)28(18-56)72-41)39(68)45-15-31(60)49-27(40(69)46-14-30(59)48-25(38(44)67)8-2-5-11-43)10-4-7-13-55-17-24(51-53-55)21-71-42-37(66)35(64)33(62)29(19-57)73-42/h16-17,25-29,32-37,41-42,56-57,61-66H,2-15,18-21,43H2,1H3,(H2,44,67)(H,45,68)(H,46,69)(H,47,58)(H,48,59)(H,49,60)/t25-,26-,27-,28+,29+,32+,33+,34-,35-,36-,37-,41-,42-/m0/s1. The zero-order chi connectivity index (χ0) is 53.6. The number of hydrogen-bond acceptors (Lipinski definition) is 23. The Morgan fingerprint density at radius 3 is 1.44 bits per heavy atom. The number of aryl methyl sites for hydroxylation is 2. The molecular formula is C42H71N13O18. The number of primary amides is 1. The van der Waals surface area contributed by atoms with Crippen LogP contribution < -0.4 is 38.1 Å². The SMILES string of the molecule is CC(=O)N[C@@H](CCCCn1cc(CO[C@H]2O[C@H](CO)[C@@H](O)[C@H](O)[C@@H]2O)nn1)C(=O)NCC(=O)N[C@@H](CCCCn1cc(CO[C@H]2O[C@H](CO)[C@@H](O)[C@H](O)[C@@H]2O)nn1)C(=O)NCC(=O)N[C@@H](CCCCN)C(N)=O. The minimum absolute atomic E-state index is 0.0466. The van der Waals surface area contributed by atoms with Gasteiger partial charge in [0.15, 0.2) is 12.6 Å². The third-order valence-corrected chi connectivity index (χ3v) is 11.7. The lowest BCUT2D eigenvalue weighted by atomic mass is 9.99. The van der Waals surface area contributed by atoms with Crippen LogP contribution >= 0.6 is 0 Å². The summed E-state index contributed by atoms with van der Waals surface area (Å²) in [5.41, 5.74) is 11.6. The van der Waals surface area contributed by atoms with Gasteiger partial charge in [-0.25, -0.2) is 0 Å². The number of rotatable bonds is 32. The second-order valence-corrected chi connectivity index (χ2v) is 17.6. The highest BCUT2D eigenvalue weighted by atomic mass is 16.7. The molecule has 0 aliphatic carbocycles. The molecule has 0 unspecified atom stereocenters. The van der Waals surface area contributed by atoms with Crippen LogP contribution in [0.3, 0.4) is 0 Å². The van der Waals surface area contributed by atoms with Crippen LogP contribution in [-0.2, 0) is 74.0 Å². The molecule has 2 fully saturated rings. The van der Waals surface area contributed by atoms with Crippen molar-refractivity contribution in [2.75, 3.05) is 32.8 Å². The molecule has 31 nitrogen and oxygen atoms in total. The Morgan fingerprint density at radius 2 is 1.03 bits per heavy atom. The van der Waals surface area contributed by atoms with E-state index in [1.807, 2.05) is 0 Å². The van der Waals surface area contributed by atoms with Gasteiger partial charge in [0.05, 0.1) is 51.9 Å². The van der Waals surface area contributed by atoms with E-state index in [-0.39, 0.29) is 39.0 Å². The van der Waals surface area contributed by atoms with Gasteiger partial charge < -0.3 is 97.9 Å². The lowest BCUT2D eigenvalue weighted by molar-refractivity contribution is -0.304. The fourth-order valence-electron chi connectivity index (χ4n) is 7.65. The van der Waals surface area contributed by atoms with Gasteiger partial charge in [0.2, 0.25) is 35.4 Å². The Balaban J connectivity index is 1.27. The summed E-state index contributed by atoms with van der Waals surface area (Å²) in [4.78, 5) is 76.6. The lowest BCUT2D eigenvalue weighted by Crippen LogP contribution is -2.59. The van der Waals surface area contributed by atoms with Crippen molar-refractivity contribution in [3.63, 3.8) is 0 Å². The number of carbonyl (C=O) groups excluding carboxylic acids is 6. The summed E-state index contributed by atoms with van der Waals surface area (Å²) in [5, 5.41) is 108. The van der Waals surface area contributed by atoms with Gasteiger partial charge in [-0.05, 0) is 64.3 Å². The summed E-state index contributed by atoms with van der Waals surface area (Å²) >= 11 is 0. The number of hydrogen-bond donors (Lipinski definition) is 15. The second-order valence-electron chi connectivity index (χ2n) is 17.6. The van der Waals surface area contributed by atoms with Crippen molar-refractivity contribution in [2.24, 2.45) is 11.5 Å². The summed E-state index contributed by atoms with van der Waals surface area (Å²) in [5.74, 6) is -4.20. The number of aliphatic hydroxyl groups excluding tert-OH is 8.